The van der Waals surface area contributed by atoms with Crippen LogP contribution in [0, 0.1) is 6.92 Å². The minimum atomic E-state index is 0. The van der Waals surface area contributed by atoms with Crippen LogP contribution in [0.15, 0.2) is 29.3 Å². The van der Waals surface area contributed by atoms with Crippen molar-refractivity contribution in [1.82, 2.24) is 14.5 Å². The van der Waals surface area contributed by atoms with Crippen molar-refractivity contribution in [2.75, 3.05) is 19.6 Å². The summed E-state index contributed by atoms with van der Waals surface area (Å²) >= 11 is 0. The van der Waals surface area contributed by atoms with Crippen molar-refractivity contribution in [1.29, 1.82) is 0 Å². The second-order valence-electron chi connectivity index (χ2n) is 5.94. The summed E-state index contributed by atoms with van der Waals surface area (Å²) in [5.41, 5.74) is 8.37. The summed E-state index contributed by atoms with van der Waals surface area (Å²) in [6, 6.07) is 8.23. The molecule has 0 saturated carbocycles. The number of nitrogens with zero attached hydrogens (tertiary/aromatic N) is 4. The molecule has 1 aromatic carbocycles. The monoisotopic (exact) mass is 427 g/mol. The highest BCUT2D eigenvalue weighted by Gasteiger charge is 2.11. The molecule has 2 N–H and O–H groups in total. The summed E-state index contributed by atoms with van der Waals surface area (Å²) < 4.78 is 2.22. The number of likely N-dealkylation sites (tertiary alicyclic amines) is 1. The number of halogens is 1. The highest BCUT2D eigenvalue weighted by atomic mass is 127. The number of aromatic nitrogens is 2. The van der Waals surface area contributed by atoms with Gasteiger partial charge in [0.05, 0.1) is 17.6 Å². The molecular weight excluding hydrogens is 401 g/mol. The molecule has 0 bridgehead atoms. The molecule has 1 aliphatic heterocycles. The Labute approximate surface area is 155 Å². The molecule has 5 nitrogen and oxygen atoms in total. The topological polar surface area (TPSA) is 59.4 Å². The molecule has 0 aliphatic carbocycles. The average Bonchev–Trinajstić information content (AvgIpc) is 2.71. The fourth-order valence-electron chi connectivity index (χ4n) is 3.14. The maximum absolute atomic E-state index is 6.16. The second kappa shape index (κ2) is 8.52. The van der Waals surface area contributed by atoms with Crippen LogP contribution < -0.4 is 5.73 Å². The van der Waals surface area contributed by atoms with Gasteiger partial charge in [-0.25, -0.2) is 4.98 Å². The number of rotatable bonds is 3. The standard InChI is InChI=1S/C17H25N5.HI/c1-14-20-15-8-4-5-9-16(15)22(14)13-10-19-17(18)21-11-6-2-3-7-12-21;/h4-5,8-9H,2-3,6-7,10-13H2,1H3,(H2,18,19);1H. The van der Waals surface area contributed by atoms with Crippen LogP contribution in [-0.2, 0) is 6.54 Å². The van der Waals surface area contributed by atoms with Gasteiger partial charge in [0.1, 0.15) is 5.82 Å². The first-order valence-electron chi connectivity index (χ1n) is 8.22. The van der Waals surface area contributed by atoms with Crippen molar-refractivity contribution in [3.8, 4) is 0 Å². The van der Waals surface area contributed by atoms with Gasteiger partial charge in [-0.15, -0.1) is 24.0 Å². The van der Waals surface area contributed by atoms with Crippen molar-refractivity contribution in [3.63, 3.8) is 0 Å². The van der Waals surface area contributed by atoms with Crippen molar-refractivity contribution in [2.45, 2.75) is 39.2 Å². The first-order chi connectivity index (χ1) is 10.8. The Morgan fingerprint density at radius 2 is 1.87 bits per heavy atom. The predicted molar refractivity (Wildman–Crippen MR) is 106 cm³/mol. The second-order valence-corrected chi connectivity index (χ2v) is 5.94. The summed E-state index contributed by atoms with van der Waals surface area (Å²) in [5, 5.41) is 0. The molecule has 1 saturated heterocycles. The molecule has 0 spiro atoms. The van der Waals surface area contributed by atoms with Crippen LogP contribution >= 0.6 is 24.0 Å². The van der Waals surface area contributed by atoms with Crippen molar-refractivity contribution in [2.24, 2.45) is 10.7 Å². The molecule has 1 fully saturated rings. The van der Waals surface area contributed by atoms with Gasteiger partial charge in [-0.3, -0.25) is 4.99 Å². The number of aryl methyl sites for hydroxylation is 1. The molecule has 0 radical (unpaired) electrons. The van der Waals surface area contributed by atoms with E-state index in [1.165, 1.54) is 31.2 Å². The maximum Gasteiger partial charge on any atom is 0.191 e. The van der Waals surface area contributed by atoms with Gasteiger partial charge in [0, 0.05) is 19.6 Å². The number of aliphatic imine (C=N–C) groups is 1. The molecule has 2 heterocycles. The SMILES string of the molecule is Cc1nc2ccccc2n1CCN=C(N)N1CCCCCC1.I. The van der Waals surface area contributed by atoms with E-state index in [0.29, 0.717) is 12.5 Å². The highest BCUT2D eigenvalue weighted by Crippen LogP contribution is 2.15. The number of nitrogens with two attached hydrogens (primary N) is 1. The van der Waals surface area contributed by atoms with Gasteiger partial charge >= 0.3 is 0 Å². The molecule has 23 heavy (non-hydrogen) atoms. The Kier molecular flexibility index (Phi) is 6.68. The molecule has 0 amide bonds. The number of hydrogen-bond donors (Lipinski definition) is 1. The number of hydrogen-bond acceptors (Lipinski definition) is 2. The quantitative estimate of drug-likeness (QED) is 0.465. The third kappa shape index (κ3) is 4.37. The molecule has 2 aromatic rings. The summed E-state index contributed by atoms with van der Waals surface area (Å²) in [6.45, 7) is 5.65. The lowest BCUT2D eigenvalue weighted by molar-refractivity contribution is 0.428. The predicted octanol–water partition coefficient (Wildman–Crippen LogP) is 3.15. The summed E-state index contributed by atoms with van der Waals surface area (Å²) in [5.74, 6) is 1.73. The van der Waals surface area contributed by atoms with Gasteiger partial charge in [0.25, 0.3) is 0 Å². The van der Waals surface area contributed by atoms with Gasteiger partial charge in [0.2, 0.25) is 0 Å². The van der Waals surface area contributed by atoms with Gasteiger partial charge in [0.15, 0.2) is 5.96 Å². The Bertz CT molecular complexity index is 656. The van der Waals surface area contributed by atoms with Crippen molar-refractivity contribution < 1.29 is 0 Å². The fourth-order valence-corrected chi connectivity index (χ4v) is 3.14. The van der Waals surface area contributed by atoms with E-state index in [1.807, 2.05) is 19.1 Å². The maximum atomic E-state index is 6.16. The van der Waals surface area contributed by atoms with E-state index in [4.69, 9.17) is 5.73 Å². The van der Waals surface area contributed by atoms with Gasteiger partial charge in [-0.1, -0.05) is 25.0 Å². The lowest BCUT2D eigenvalue weighted by atomic mass is 10.2. The summed E-state index contributed by atoms with van der Waals surface area (Å²) in [7, 11) is 0. The third-order valence-electron chi connectivity index (χ3n) is 4.37. The van der Waals surface area contributed by atoms with E-state index in [9.17, 15) is 0 Å². The smallest absolute Gasteiger partial charge is 0.191 e. The first-order valence-corrected chi connectivity index (χ1v) is 8.22. The minimum absolute atomic E-state index is 0. The average molecular weight is 427 g/mol. The zero-order valence-electron chi connectivity index (χ0n) is 13.7. The van der Waals surface area contributed by atoms with E-state index in [-0.39, 0.29) is 24.0 Å². The third-order valence-corrected chi connectivity index (χ3v) is 4.37. The van der Waals surface area contributed by atoms with Crippen LogP contribution in [0.5, 0.6) is 0 Å². The molecule has 126 valence electrons. The van der Waals surface area contributed by atoms with E-state index in [1.54, 1.807) is 0 Å². The minimum Gasteiger partial charge on any atom is -0.370 e. The molecule has 6 heteroatoms. The van der Waals surface area contributed by atoms with Gasteiger partial charge in [-0.05, 0) is 31.9 Å². The van der Waals surface area contributed by atoms with Gasteiger partial charge < -0.3 is 15.2 Å². The largest absolute Gasteiger partial charge is 0.370 e. The number of benzene rings is 1. The zero-order chi connectivity index (χ0) is 15.4. The fraction of sp³-hybridized carbons (Fsp3) is 0.529. The van der Waals surface area contributed by atoms with E-state index in [2.05, 4.69) is 31.6 Å². The molecule has 1 aromatic heterocycles. The Balaban J connectivity index is 0.00000192. The number of para-hydroxylation sites is 2. The molecule has 0 atom stereocenters. The van der Waals surface area contributed by atoms with Crippen LogP contribution in [0.25, 0.3) is 11.0 Å². The van der Waals surface area contributed by atoms with E-state index >= 15 is 0 Å². The molecule has 1 aliphatic rings. The number of guanidine groups is 1. The summed E-state index contributed by atoms with van der Waals surface area (Å²) in [4.78, 5) is 11.4. The lowest BCUT2D eigenvalue weighted by Gasteiger charge is -2.21. The van der Waals surface area contributed by atoms with Gasteiger partial charge in [-0.2, -0.15) is 0 Å². The summed E-state index contributed by atoms with van der Waals surface area (Å²) in [6.07, 6.45) is 5.07. The highest BCUT2D eigenvalue weighted by molar-refractivity contribution is 14.0. The van der Waals surface area contributed by atoms with E-state index in [0.717, 1.165) is 31.0 Å². The van der Waals surface area contributed by atoms with Crippen molar-refractivity contribution >= 4 is 41.0 Å². The normalized spacial score (nSPS) is 16.2. The lowest BCUT2D eigenvalue weighted by Crippen LogP contribution is -2.38. The number of fused-ring (bicyclic) bond motifs is 1. The molecule has 3 rings (SSSR count). The zero-order valence-corrected chi connectivity index (χ0v) is 16.1. The Hall–Kier alpha value is -1.31. The number of imidazole rings is 1. The first kappa shape index (κ1) is 18.0. The molecule has 0 unspecified atom stereocenters. The molecular formula is C17H26IN5. The van der Waals surface area contributed by atoms with Crippen molar-refractivity contribution in [3.05, 3.63) is 30.1 Å². The Morgan fingerprint density at radius 1 is 1.17 bits per heavy atom. The van der Waals surface area contributed by atoms with Crippen LogP contribution in [0.3, 0.4) is 0 Å². The van der Waals surface area contributed by atoms with Crippen LogP contribution in [0.4, 0.5) is 0 Å². The Morgan fingerprint density at radius 3 is 2.61 bits per heavy atom. The van der Waals surface area contributed by atoms with Crippen LogP contribution in [-0.4, -0.2) is 40.0 Å². The van der Waals surface area contributed by atoms with Crippen LogP contribution in [0.1, 0.15) is 31.5 Å². The van der Waals surface area contributed by atoms with E-state index < -0.39 is 0 Å². The van der Waals surface area contributed by atoms with Crippen LogP contribution in [0.2, 0.25) is 0 Å².